The number of aromatic nitrogens is 1. The fourth-order valence-corrected chi connectivity index (χ4v) is 0.926. The van der Waals surface area contributed by atoms with Crippen molar-refractivity contribution in [1.82, 2.24) is 4.98 Å². The molecule has 1 atom stereocenters. The zero-order valence-corrected chi connectivity index (χ0v) is 9.06. The van der Waals surface area contributed by atoms with Crippen LogP contribution in [0.5, 0.6) is 0 Å². The molecule has 0 radical (unpaired) electrons. The number of hydrogen-bond donors (Lipinski definition) is 1. The molecule has 0 aromatic carbocycles. The van der Waals surface area contributed by atoms with Crippen molar-refractivity contribution in [3.05, 3.63) is 24.5 Å². The van der Waals surface area contributed by atoms with Gasteiger partial charge in [0.1, 0.15) is 0 Å². The zero-order valence-electron chi connectivity index (χ0n) is 9.06. The van der Waals surface area contributed by atoms with Gasteiger partial charge in [-0.1, -0.05) is 20.3 Å². The van der Waals surface area contributed by atoms with Gasteiger partial charge in [0, 0.05) is 6.20 Å². The molecule has 0 aliphatic carbocycles. The second kappa shape index (κ2) is 6.01. The highest BCUT2D eigenvalue weighted by molar-refractivity contribution is 5.84. The molecule has 1 rings (SSSR count). The summed E-state index contributed by atoms with van der Waals surface area (Å²) in [6, 6.07) is 3.52. The molecule has 1 amide bonds. The first kappa shape index (κ1) is 11.5. The van der Waals surface area contributed by atoms with E-state index in [9.17, 15) is 4.79 Å². The fraction of sp³-hybridized carbons (Fsp3) is 0.455. The van der Waals surface area contributed by atoms with E-state index in [-0.39, 0.29) is 0 Å². The Morgan fingerprint density at radius 1 is 1.67 bits per heavy atom. The van der Waals surface area contributed by atoms with Gasteiger partial charge in [-0.05, 0) is 18.1 Å². The van der Waals surface area contributed by atoms with Crippen molar-refractivity contribution in [2.45, 2.75) is 20.3 Å². The number of nitrogens with one attached hydrogen (secondary N) is 1. The molecule has 1 unspecified atom stereocenters. The number of carbonyl (C=O) groups excluding carboxylic acids is 1. The summed E-state index contributed by atoms with van der Waals surface area (Å²) in [5, 5.41) is 2.60. The van der Waals surface area contributed by atoms with Crippen LogP contribution in [0.3, 0.4) is 0 Å². The molecule has 1 N–H and O–H groups in total. The maximum atomic E-state index is 11.3. The summed E-state index contributed by atoms with van der Waals surface area (Å²) in [6.07, 6.45) is 3.80. The summed E-state index contributed by atoms with van der Waals surface area (Å²) in [7, 11) is 0. The molecule has 0 bridgehead atoms. The molecule has 0 spiro atoms. The fourth-order valence-electron chi connectivity index (χ4n) is 0.926. The predicted octanol–water partition coefficient (Wildman–Crippen LogP) is 2.68. The molecule has 1 aromatic rings. The van der Waals surface area contributed by atoms with Gasteiger partial charge < -0.3 is 4.74 Å². The second-order valence-electron chi connectivity index (χ2n) is 3.48. The number of amides is 1. The number of ether oxygens (including phenoxy) is 1. The Balaban J connectivity index is 2.31. The normalized spacial score (nSPS) is 11.9. The van der Waals surface area contributed by atoms with E-state index in [0.29, 0.717) is 18.2 Å². The van der Waals surface area contributed by atoms with Crippen molar-refractivity contribution in [3.8, 4) is 0 Å². The van der Waals surface area contributed by atoms with Gasteiger partial charge in [0.15, 0.2) is 0 Å². The average molecular weight is 208 g/mol. The Hall–Kier alpha value is -1.58. The van der Waals surface area contributed by atoms with Gasteiger partial charge in [-0.25, -0.2) is 4.79 Å². The quantitative estimate of drug-likeness (QED) is 0.827. The minimum Gasteiger partial charge on any atom is -0.449 e. The third-order valence-electron chi connectivity index (χ3n) is 2.10. The van der Waals surface area contributed by atoms with Gasteiger partial charge in [-0.3, -0.25) is 10.3 Å². The Bertz CT molecular complexity index is 301. The van der Waals surface area contributed by atoms with Crippen LogP contribution in [0.1, 0.15) is 20.3 Å². The van der Waals surface area contributed by atoms with Crippen LogP contribution < -0.4 is 5.32 Å². The number of hydrogen-bond acceptors (Lipinski definition) is 3. The van der Waals surface area contributed by atoms with Crippen molar-refractivity contribution in [2.24, 2.45) is 5.92 Å². The molecule has 82 valence electrons. The minimum atomic E-state index is -0.427. The van der Waals surface area contributed by atoms with Crippen molar-refractivity contribution in [2.75, 3.05) is 11.9 Å². The molecular formula is C11H16N2O2. The highest BCUT2D eigenvalue weighted by Gasteiger charge is 2.05. The Morgan fingerprint density at radius 3 is 3.07 bits per heavy atom. The van der Waals surface area contributed by atoms with E-state index in [1.807, 2.05) is 6.92 Å². The van der Waals surface area contributed by atoms with Gasteiger partial charge >= 0.3 is 6.09 Å². The number of anilines is 1. The Kier molecular flexibility index (Phi) is 4.60. The van der Waals surface area contributed by atoms with E-state index >= 15 is 0 Å². The maximum absolute atomic E-state index is 11.3. The standard InChI is InChI=1S/C11H16N2O2/c1-3-9(2)8-15-11(14)13-10-5-4-6-12-7-10/h4-7,9H,3,8H2,1-2H3,(H,13,14). The topological polar surface area (TPSA) is 51.2 Å². The lowest BCUT2D eigenvalue weighted by Gasteiger charge is -2.10. The lowest BCUT2D eigenvalue weighted by molar-refractivity contribution is 0.143. The summed E-state index contributed by atoms with van der Waals surface area (Å²) in [5.74, 6) is 0.393. The van der Waals surface area contributed by atoms with Crippen LogP contribution in [0.15, 0.2) is 24.5 Å². The summed E-state index contributed by atoms with van der Waals surface area (Å²) < 4.78 is 5.02. The van der Waals surface area contributed by atoms with Crippen LogP contribution in [-0.4, -0.2) is 17.7 Å². The highest BCUT2D eigenvalue weighted by Crippen LogP contribution is 2.05. The van der Waals surface area contributed by atoms with Crippen LogP contribution in [0.2, 0.25) is 0 Å². The molecule has 4 nitrogen and oxygen atoms in total. The number of carbonyl (C=O) groups is 1. The lowest BCUT2D eigenvalue weighted by Crippen LogP contribution is -2.17. The highest BCUT2D eigenvalue weighted by atomic mass is 16.5. The van der Waals surface area contributed by atoms with Gasteiger partial charge in [-0.15, -0.1) is 0 Å². The van der Waals surface area contributed by atoms with E-state index in [4.69, 9.17) is 4.74 Å². The smallest absolute Gasteiger partial charge is 0.411 e. The monoisotopic (exact) mass is 208 g/mol. The van der Waals surface area contributed by atoms with Crippen LogP contribution in [0.25, 0.3) is 0 Å². The molecular weight excluding hydrogens is 192 g/mol. The second-order valence-corrected chi connectivity index (χ2v) is 3.48. The molecule has 0 saturated heterocycles. The van der Waals surface area contributed by atoms with Crippen LogP contribution >= 0.6 is 0 Å². The maximum Gasteiger partial charge on any atom is 0.411 e. The van der Waals surface area contributed by atoms with E-state index in [0.717, 1.165) is 6.42 Å². The Labute approximate surface area is 89.7 Å². The first-order valence-corrected chi connectivity index (χ1v) is 5.06. The predicted molar refractivity (Wildman–Crippen MR) is 58.7 cm³/mol. The zero-order chi connectivity index (χ0) is 11.1. The number of nitrogens with zero attached hydrogens (tertiary/aromatic N) is 1. The molecule has 0 saturated carbocycles. The summed E-state index contributed by atoms with van der Waals surface area (Å²) in [4.78, 5) is 15.2. The van der Waals surface area contributed by atoms with Gasteiger partial charge in [0.2, 0.25) is 0 Å². The Morgan fingerprint density at radius 2 is 2.47 bits per heavy atom. The molecule has 1 aromatic heterocycles. The minimum absolute atomic E-state index is 0.393. The van der Waals surface area contributed by atoms with Crippen LogP contribution in [-0.2, 0) is 4.74 Å². The molecule has 0 fully saturated rings. The van der Waals surface area contributed by atoms with E-state index in [1.54, 1.807) is 24.5 Å². The van der Waals surface area contributed by atoms with Crippen molar-refractivity contribution in [3.63, 3.8) is 0 Å². The first-order valence-electron chi connectivity index (χ1n) is 5.06. The number of rotatable bonds is 4. The summed E-state index contributed by atoms with van der Waals surface area (Å²) in [5.41, 5.74) is 0.645. The third-order valence-corrected chi connectivity index (χ3v) is 2.10. The molecule has 1 heterocycles. The lowest BCUT2D eigenvalue weighted by atomic mass is 10.1. The SMILES string of the molecule is CCC(C)COC(=O)Nc1cccnc1. The average Bonchev–Trinajstić information content (AvgIpc) is 2.27. The van der Waals surface area contributed by atoms with Crippen molar-refractivity contribution >= 4 is 11.8 Å². The van der Waals surface area contributed by atoms with Crippen molar-refractivity contribution in [1.29, 1.82) is 0 Å². The molecule has 4 heteroatoms. The number of pyridine rings is 1. The molecule has 15 heavy (non-hydrogen) atoms. The first-order chi connectivity index (χ1) is 7.22. The van der Waals surface area contributed by atoms with Crippen LogP contribution in [0, 0.1) is 5.92 Å². The summed E-state index contributed by atoms with van der Waals surface area (Å²) in [6.45, 7) is 4.55. The van der Waals surface area contributed by atoms with E-state index < -0.39 is 6.09 Å². The van der Waals surface area contributed by atoms with Gasteiger partial charge in [0.05, 0.1) is 18.5 Å². The molecule has 0 aliphatic rings. The largest absolute Gasteiger partial charge is 0.449 e. The van der Waals surface area contributed by atoms with E-state index in [2.05, 4.69) is 17.2 Å². The summed E-state index contributed by atoms with van der Waals surface area (Å²) >= 11 is 0. The van der Waals surface area contributed by atoms with Gasteiger partial charge in [0.25, 0.3) is 0 Å². The van der Waals surface area contributed by atoms with Crippen molar-refractivity contribution < 1.29 is 9.53 Å². The van der Waals surface area contributed by atoms with Gasteiger partial charge in [-0.2, -0.15) is 0 Å². The van der Waals surface area contributed by atoms with E-state index in [1.165, 1.54) is 0 Å². The third kappa shape index (κ3) is 4.44. The van der Waals surface area contributed by atoms with Crippen LogP contribution in [0.4, 0.5) is 10.5 Å². The molecule has 0 aliphatic heterocycles.